The lowest BCUT2D eigenvalue weighted by Gasteiger charge is -2.32. The smallest absolute Gasteiger partial charge is 0.270 e. The maximum absolute atomic E-state index is 14.8. The van der Waals surface area contributed by atoms with Crippen LogP contribution in [-0.2, 0) is 10.0 Å². The van der Waals surface area contributed by atoms with Crippen LogP contribution in [0.4, 0.5) is 24.7 Å². The second kappa shape index (κ2) is 11.4. The van der Waals surface area contributed by atoms with E-state index in [4.69, 9.17) is 0 Å². The summed E-state index contributed by atoms with van der Waals surface area (Å²) in [6.45, 7) is 3.75. The zero-order chi connectivity index (χ0) is 30.2. The van der Waals surface area contributed by atoms with Crippen molar-refractivity contribution in [3.8, 4) is 0 Å². The molecule has 2 aromatic carbocycles. The molecule has 3 heterocycles. The molecular weight excluding hydrogens is 573 g/mol. The van der Waals surface area contributed by atoms with E-state index in [1.807, 2.05) is 4.72 Å². The first-order chi connectivity index (χ1) is 20.0. The first-order valence-corrected chi connectivity index (χ1v) is 14.8. The average molecular weight is 601 g/mol. The number of nitrogens with zero attached hydrogens (tertiary/aromatic N) is 4. The molecule has 42 heavy (non-hydrogen) atoms. The van der Waals surface area contributed by atoms with E-state index in [1.54, 1.807) is 17.9 Å². The Morgan fingerprint density at radius 2 is 1.69 bits per heavy atom. The summed E-state index contributed by atoms with van der Waals surface area (Å²) in [6.07, 6.45) is 3.34. The number of benzene rings is 2. The lowest BCUT2D eigenvalue weighted by Crippen LogP contribution is -2.38. The summed E-state index contributed by atoms with van der Waals surface area (Å²) in [5.41, 5.74) is 1.25. The molecule has 1 fully saturated rings. The van der Waals surface area contributed by atoms with Crippen LogP contribution in [0.15, 0.2) is 48.8 Å². The van der Waals surface area contributed by atoms with Crippen LogP contribution in [0.5, 0.6) is 0 Å². The molecule has 1 aliphatic rings. The van der Waals surface area contributed by atoms with Gasteiger partial charge in [-0.2, -0.15) is 9.61 Å². The number of aromatic nitrogens is 3. The fourth-order valence-electron chi connectivity index (χ4n) is 4.85. The van der Waals surface area contributed by atoms with Crippen molar-refractivity contribution in [1.29, 1.82) is 0 Å². The van der Waals surface area contributed by atoms with Gasteiger partial charge in [-0.1, -0.05) is 12.1 Å². The summed E-state index contributed by atoms with van der Waals surface area (Å²) < 4.78 is 69.0. The summed E-state index contributed by atoms with van der Waals surface area (Å²) in [4.78, 5) is 32.3. The summed E-state index contributed by atoms with van der Waals surface area (Å²) in [7, 11) is -3.88. The van der Waals surface area contributed by atoms with Gasteiger partial charge in [0.25, 0.3) is 11.8 Å². The number of likely N-dealkylation sites (tertiary alicyclic amines) is 1. The number of carbonyl (C=O) groups is 2. The Morgan fingerprint density at radius 1 is 0.976 bits per heavy atom. The van der Waals surface area contributed by atoms with E-state index in [0.29, 0.717) is 31.5 Å². The molecule has 220 valence electrons. The first kappa shape index (κ1) is 29.0. The first-order valence-electron chi connectivity index (χ1n) is 13.2. The topological polar surface area (TPSA) is 126 Å². The Labute approximate surface area is 239 Å². The number of carbonyl (C=O) groups excluding carboxylic acids is 2. The number of rotatable bonds is 7. The van der Waals surface area contributed by atoms with Crippen LogP contribution in [0, 0.1) is 24.4 Å². The van der Waals surface area contributed by atoms with Gasteiger partial charge in [-0.05, 0) is 68.0 Å². The largest absolute Gasteiger partial charge is 0.338 e. The molecule has 1 aliphatic heterocycles. The van der Waals surface area contributed by atoms with Gasteiger partial charge in [-0.25, -0.2) is 31.3 Å². The van der Waals surface area contributed by atoms with Crippen molar-refractivity contribution < 1.29 is 31.2 Å². The molecule has 5 rings (SSSR count). The third-order valence-electron chi connectivity index (χ3n) is 7.20. The van der Waals surface area contributed by atoms with Crippen LogP contribution in [-0.4, -0.2) is 58.6 Å². The second-order valence-corrected chi connectivity index (χ2v) is 12.0. The predicted octanol–water partition coefficient (Wildman–Crippen LogP) is 4.30. The van der Waals surface area contributed by atoms with Gasteiger partial charge >= 0.3 is 0 Å². The minimum absolute atomic E-state index is 0.0228. The van der Waals surface area contributed by atoms with Crippen molar-refractivity contribution in [2.24, 2.45) is 0 Å². The van der Waals surface area contributed by atoms with Crippen LogP contribution in [0.25, 0.3) is 5.65 Å². The molecule has 0 spiro atoms. The lowest BCUT2D eigenvalue weighted by molar-refractivity contribution is 0.0712. The maximum Gasteiger partial charge on any atom is 0.270 e. The van der Waals surface area contributed by atoms with Crippen LogP contribution in [0.3, 0.4) is 0 Å². The third-order valence-corrected chi connectivity index (χ3v) is 8.46. The minimum Gasteiger partial charge on any atom is -0.338 e. The molecule has 0 saturated carbocycles. The summed E-state index contributed by atoms with van der Waals surface area (Å²) >= 11 is 0. The molecule has 0 aliphatic carbocycles. The SMILES string of the molecule is CCS(=O)(=O)NC(=O)c1cnn2c(Nc3cc(C)ccc3F)c(C(=O)N3CCC(c4ccc(F)c(F)c4)CC3)cnc12. The van der Waals surface area contributed by atoms with Crippen molar-refractivity contribution in [1.82, 2.24) is 24.2 Å². The van der Waals surface area contributed by atoms with E-state index in [9.17, 15) is 31.2 Å². The van der Waals surface area contributed by atoms with Crippen LogP contribution < -0.4 is 10.0 Å². The molecule has 4 aromatic rings. The van der Waals surface area contributed by atoms with E-state index >= 15 is 0 Å². The van der Waals surface area contributed by atoms with Gasteiger partial charge in [0.15, 0.2) is 17.3 Å². The van der Waals surface area contributed by atoms with Gasteiger partial charge in [0.1, 0.15) is 22.8 Å². The molecule has 2 amide bonds. The van der Waals surface area contributed by atoms with Gasteiger partial charge in [-0.15, -0.1) is 0 Å². The minimum atomic E-state index is -3.88. The average Bonchev–Trinajstić information content (AvgIpc) is 3.41. The third kappa shape index (κ3) is 5.79. The number of halogens is 3. The summed E-state index contributed by atoms with van der Waals surface area (Å²) in [6, 6.07) is 8.17. The maximum atomic E-state index is 14.8. The van der Waals surface area contributed by atoms with E-state index in [-0.39, 0.29) is 40.0 Å². The van der Waals surface area contributed by atoms with E-state index in [2.05, 4.69) is 15.4 Å². The number of fused-ring (bicyclic) bond motifs is 1. The molecule has 2 aromatic heterocycles. The van der Waals surface area contributed by atoms with Gasteiger partial charge in [0.2, 0.25) is 10.0 Å². The molecule has 10 nitrogen and oxygen atoms in total. The van der Waals surface area contributed by atoms with Crippen molar-refractivity contribution in [3.63, 3.8) is 0 Å². The number of hydrogen-bond donors (Lipinski definition) is 2. The quantitative estimate of drug-likeness (QED) is 0.324. The summed E-state index contributed by atoms with van der Waals surface area (Å²) in [5.74, 6) is -4.23. The molecule has 14 heteroatoms. The van der Waals surface area contributed by atoms with E-state index in [0.717, 1.165) is 22.3 Å². The van der Waals surface area contributed by atoms with Gasteiger partial charge < -0.3 is 10.2 Å². The van der Waals surface area contributed by atoms with Crippen LogP contribution >= 0.6 is 0 Å². The molecule has 0 radical (unpaired) electrons. The Balaban J connectivity index is 1.49. The van der Waals surface area contributed by atoms with Gasteiger partial charge in [0, 0.05) is 19.3 Å². The molecule has 2 N–H and O–H groups in total. The van der Waals surface area contributed by atoms with Crippen molar-refractivity contribution in [2.45, 2.75) is 32.6 Å². The lowest BCUT2D eigenvalue weighted by atomic mass is 9.89. The molecule has 0 atom stereocenters. The van der Waals surface area contributed by atoms with Crippen LogP contribution in [0.2, 0.25) is 0 Å². The molecular formula is C28H27F3N6O4S. The van der Waals surface area contributed by atoms with Crippen molar-refractivity contribution in [3.05, 3.63) is 88.5 Å². The Kier molecular flexibility index (Phi) is 7.91. The molecule has 1 saturated heterocycles. The number of nitrogens with one attached hydrogen (secondary N) is 2. The number of sulfonamides is 1. The fraction of sp³-hybridized carbons (Fsp3) is 0.286. The molecule has 0 bridgehead atoms. The van der Waals surface area contributed by atoms with Crippen LogP contribution in [0.1, 0.15) is 57.5 Å². The Hall–Kier alpha value is -4.46. The van der Waals surface area contributed by atoms with E-state index in [1.165, 1.54) is 37.4 Å². The highest BCUT2D eigenvalue weighted by Gasteiger charge is 2.29. The highest BCUT2D eigenvalue weighted by Crippen LogP contribution is 2.31. The second-order valence-electron chi connectivity index (χ2n) is 10.00. The normalized spacial score (nSPS) is 14.3. The number of aryl methyl sites for hydroxylation is 1. The number of amides is 2. The number of hydrogen-bond acceptors (Lipinski definition) is 7. The number of piperidine rings is 1. The highest BCUT2D eigenvalue weighted by molar-refractivity contribution is 7.90. The fourth-order valence-corrected chi connectivity index (χ4v) is 5.39. The highest BCUT2D eigenvalue weighted by atomic mass is 32.2. The molecule has 0 unspecified atom stereocenters. The predicted molar refractivity (Wildman–Crippen MR) is 149 cm³/mol. The summed E-state index contributed by atoms with van der Waals surface area (Å²) in [5, 5.41) is 7.09. The van der Waals surface area contributed by atoms with E-state index < -0.39 is 39.3 Å². The van der Waals surface area contributed by atoms with Gasteiger partial charge in [-0.3, -0.25) is 9.59 Å². The van der Waals surface area contributed by atoms with Crippen molar-refractivity contribution >= 4 is 39.0 Å². The number of anilines is 2. The Morgan fingerprint density at radius 3 is 2.38 bits per heavy atom. The van der Waals surface area contributed by atoms with Gasteiger partial charge in [0.05, 0.1) is 17.6 Å². The zero-order valence-corrected chi connectivity index (χ0v) is 23.5. The monoisotopic (exact) mass is 600 g/mol. The zero-order valence-electron chi connectivity index (χ0n) is 22.7. The Bertz CT molecular complexity index is 1800. The standard InChI is InChI=1S/C28H27F3N6O4S/c1-3-42(40,41)35-27(38)19-15-33-37-25(19)32-14-20(26(37)34-24-12-16(2)4-6-22(24)30)28(39)36-10-8-17(9-11-36)18-5-7-21(29)23(31)13-18/h4-7,12-15,17,34H,3,8-11H2,1-2H3,(H,35,38). The van der Waals surface area contributed by atoms with Crippen molar-refractivity contribution in [2.75, 3.05) is 24.2 Å².